The Bertz CT molecular complexity index is 1100. The number of amides is 1. The van der Waals surface area contributed by atoms with E-state index in [0.29, 0.717) is 6.42 Å². The summed E-state index contributed by atoms with van der Waals surface area (Å²) in [5, 5.41) is 20.6. The number of hydrogen-bond donors (Lipinski definition) is 5. The van der Waals surface area contributed by atoms with Crippen LogP contribution in [0.4, 0.5) is 5.82 Å². The molecule has 3 rings (SSSR count). The molecule has 0 radical (unpaired) electrons. The van der Waals surface area contributed by atoms with Crippen LogP contribution in [0.1, 0.15) is 26.5 Å². The first-order chi connectivity index (χ1) is 14.9. The number of ether oxygens (including phenoxy) is 1. The van der Waals surface area contributed by atoms with Crippen LogP contribution >= 0.6 is 11.6 Å². The molecule has 6 atom stereocenters. The third-order valence-electron chi connectivity index (χ3n) is 5.21. The standard InChI is InChI=1S/C16H24ClN7O7S/c1-3-6(2)8(18)14(27)23-32(28,29)30-4-7-10(25)11(26)15(31-7)24-5-20-9-12(19)21-16(17)22-13(9)24/h5-8,10-11,15,25-26H,3-4,18H2,1-2H3,(H,23,27)(H2,19,21,22)/t6-,7+,8-,10+,11+,15?/m0/s1. The summed E-state index contributed by atoms with van der Waals surface area (Å²) in [4.78, 5) is 23.8. The minimum Gasteiger partial charge on any atom is -0.387 e. The van der Waals surface area contributed by atoms with E-state index in [0.717, 1.165) is 0 Å². The Hall–Kier alpha value is -2.14. The normalized spacial score (nSPS) is 25.7. The van der Waals surface area contributed by atoms with Gasteiger partial charge in [-0.15, -0.1) is 0 Å². The van der Waals surface area contributed by atoms with Crippen LogP contribution in [0.15, 0.2) is 6.33 Å². The summed E-state index contributed by atoms with van der Waals surface area (Å²) in [6.07, 6.45) is -3.67. The maximum Gasteiger partial charge on any atom is 0.362 e. The van der Waals surface area contributed by atoms with Gasteiger partial charge in [-0.05, 0) is 17.5 Å². The second-order valence-corrected chi connectivity index (χ2v) is 9.05. The first-order valence-electron chi connectivity index (χ1n) is 9.58. The lowest BCUT2D eigenvalue weighted by Gasteiger charge is -2.18. The van der Waals surface area contributed by atoms with Crippen molar-refractivity contribution >= 4 is 44.8 Å². The molecule has 178 valence electrons. The van der Waals surface area contributed by atoms with Crippen LogP contribution in [0.5, 0.6) is 0 Å². The van der Waals surface area contributed by atoms with Gasteiger partial charge in [-0.3, -0.25) is 13.5 Å². The summed E-state index contributed by atoms with van der Waals surface area (Å²) in [7, 11) is -4.54. The van der Waals surface area contributed by atoms with Crippen LogP contribution in [0.3, 0.4) is 0 Å². The van der Waals surface area contributed by atoms with Crippen molar-refractivity contribution in [2.75, 3.05) is 12.3 Å². The van der Waals surface area contributed by atoms with Gasteiger partial charge in [0.2, 0.25) is 5.28 Å². The molecular weight excluding hydrogens is 470 g/mol. The first kappa shape index (κ1) is 24.5. The fourth-order valence-corrected chi connectivity index (χ4v) is 4.01. The number of imidazole rings is 1. The molecule has 1 fully saturated rings. The second-order valence-electron chi connectivity index (χ2n) is 7.36. The van der Waals surface area contributed by atoms with Gasteiger partial charge in [0.25, 0.3) is 5.91 Å². The molecule has 0 saturated carbocycles. The van der Waals surface area contributed by atoms with E-state index < -0.39 is 53.4 Å². The van der Waals surface area contributed by atoms with E-state index >= 15 is 0 Å². The van der Waals surface area contributed by atoms with Crippen molar-refractivity contribution in [3.05, 3.63) is 11.6 Å². The number of anilines is 1. The zero-order valence-corrected chi connectivity index (χ0v) is 18.7. The molecule has 0 spiro atoms. The highest BCUT2D eigenvalue weighted by Gasteiger charge is 2.45. The summed E-state index contributed by atoms with van der Waals surface area (Å²) in [5.74, 6) is -1.18. The molecule has 1 amide bonds. The molecule has 3 heterocycles. The SMILES string of the molecule is CC[C@H](C)[C@H](N)C(=O)NS(=O)(=O)OC[C@H]1OC(n2cnc3c(N)nc(Cl)nc32)[C@H](O)[C@@H]1O. The lowest BCUT2D eigenvalue weighted by atomic mass is 10.00. The number of aliphatic hydroxyl groups excluding tert-OH is 2. The summed E-state index contributed by atoms with van der Waals surface area (Å²) in [6.45, 7) is 2.81. The van der Waals surface area contributed by atoms with Gasteiger partial charge in [-0.1, -0.05) is 20.3 Å². The minimum absolute atomic E-state index is 0.00380. The zero-order chi connectivity index (χ0) is 23.8. The van der Waals surface area contributed by atoms with Gasteiger partial charge >= 0.3 is 10.3 Å². The summed E-state index contributed by atoms with van der Waals surface area (Å²) >= 11 is 5.82. The predicted octanol–water partition coefficient (Wildman–Crippen LogP) is -1.57. The summed E-state index contributed by atoms with van der Waals surface area (Å²) in [6, 6.07) is -1.05. The Morgan fingerprint density at radius 3 is 2.75 bits per heavy atom. The van der Waals surface area contributed by atoms with E-state index in [2.05, 4.69) is 15.0 Å². The van der Waals surface area contributed by atoms with Gasteiger partial charge < -0.3 is 26.4 Å². The van der Waals surface area contributed by atoms with Crippen LogP contribution in [0.25, 0.3) is 11.2 Å². The lowest BCUT2D eigenvalue weighted by molar-refractivity contribution is -0.121. The van der Waals surface area contributed by atoms with Crippen LogP contribution < -0.4 is 16.2 Å². The smallest absolute Gasteiger partial charge is 0.362 e. The van der Waals surface area contributed by atoms with E-state index in [4.69, 9.17) is 32.0 Å². The molecule has 1 aliphatic heterocycles. The van der Waals surface area contributed by atoms with Gasteiger partial charge in [0.1, 0.15) is 23.8 Å². The third kappa shape index (κ3) is 4.93. The Kier molecular flexibility index (Phi) is 7.18. The van der Waals surface area contributed by atoms with Gasteiger partial charge in [-0.25, -0.2) is 9.71 Å². The highest BCUT2D eigenvalue weighted by molar-refractivity contribution is 7.85. The number of nitrogens with zero attached hydrogens (tertiary/aromatic N) is 4. The number of fused-ring (bicyclic) bond motifs is 1. The van der Waals surface area contributed by atoms with Crippen LogP contribution in [-0.2, 0) is 24.0 Å². The van der Waals surface area contributed by atoms with Crippen LogP contribution in [0, 0.1) is 5.92 Å². The summed E-state index contributed by atoms with van der Waals surface area (Å²) in [5.41, 5.74) is 11.8. The van der Waals surface area contributed by atoms with Crippen molar-refractivity contribution in [1.29, 1.82) is 0 Å². The number of hydrogen-bond acceptors (Lipinski definition) is 12. The first-order valence-corrected chi connectivity index (χ1v) is 11.4. The van der Waals surface area contributed by atoms with Gasteiger partial charge in [0.05, 0.1) is 19.0 Å². The van der Waals surface area contributed by atoms with E-state index in [1.54, 1.807) is 18.6 Å². The molecule has 1 aliphatic rings. The van der Waals surface area contributed by atoms with Crippen LogP contribution in [-0.4, -0.2) is 75.0 Å². The van der Waals surface area contributed by atoms with Crippen LogP contribution in [0.2, 0.25) is 5.28 Å². The topological polar surface area (TPSA) is 218 Å². The molecule has 0 bridgehead atoms. The fourth-order valence-electron chi connectivity index (χ4n) is 3.08. The van der Waals surface area contributed by atoms with Crippen molar-refractivity contribution in [2.45, 2.75) is 50.8 Å². The lowest BCUT2D eigenvalue weighted by Crippen LogP contribution is -2.47. The molecule has 0 aliphatic carbocycles. The maximum atomic E-state index is 12.1. The predicted molar refractivity (Wildman–Crippen MR) is 111 cm³/mol. The highest BCUT2D eigenvalue weighted by Crippen LogP contribution is 2.32. The second kappa shape index (κ2) is 9.38. The number of aliphatic hydroxyl groups is 2. The monoisotopic (exact) mass is 493 g/mol. The quantitative estimate of drug-likeness (QED) is 0.263. The van der Waals surface area contributed by atoms with Gasteiger partial charge in [-0.2, -0.15) is 18.4 Å². The molecule has 7 N–H and O–H groups in total. The molecule has 1 saturated heterocycles. The number of halogens is 1. The molecule has 0 aromatic carbocycles. The van der Waals surface area contributed by atoms with Crippen molar-refractivity contribution in [3.63, 3.8) is 0 Å². The third-order valence-corrected chi connectivity index (χ3v) is 6.27. The number of nitrogens with one attached hydrogen (secondary N) is 1. The highest BCUT2D eigenvalue weighted by atomic mass is 35.5. The average molecular weight is 494 g/mol. The van der Waals surface area contributed by atoms with E-state index in [1.165, 1.54) is 10.9 Å². The Morgan fingerprint density at radius 2 is 2.09 bits per heavy atom. The van der Waals surface area contributed by atoms with Crippen molar-refractivity contribution in [1.82, 2.24) is 24.2 Å². The van der Waals surface area contributed by atoms with E-state index in [9.17, 15) is 23.4 Å². The van der Waals surface area contributed by atoms with E-state index in [1.807, 2.05) is 0 Å². The number of aromatic nitrogens is 4. The molecule has 2 aromatic heterocycles. The molecule has 16 heteroatoms. The number of carbonyl (C=O) groups is 1. The minimum atomic E-state index is -4.54. The van der Waals surface area contributed by atoms with Gasteiger partial charge in [0, 0.05) is 0 Å². The Morgan fingerprint density at radius 1 is 1.41 bits per heavy atom. The largest absolute Gasteiger partial charge is 0.387 e. The van der Waals surface area contributed by atoms with Gasteiger partial charge in [0.15, 0.2) is 17.7 Å². The zero-order valence-electron chi connectivity index (χ0n) is 17.1. The number of nitrogen functional groups attached to an aromatic ring is 1. The number of carbonyl (C=O) groups excluding carboxylic acids is 1. The average Bonchev–Trinajstić information content (AvgIpc) is 3.26. The molecule has 1 unspecified atom stereocenters. The number of nitrogens with two attached hydrogens (primary N) is 2. The Balaban J connectivity index is 1.69. The summed E-state index contributed by atoms with van der Waals surface area (Å²) < 4.78 is 37.5. The maximum absolute atomic E-state index is 12.1. The Labute approximate surface area is 188 Å². The van der Waals surface area contributed by atoms with Crippen molar-refractivity contribution in [3.8, 4) is 0 Å². The molecule has 2 aromatic rings. The van der Waals surface area contributed by atoms with E-state index in [-0.39, 0.29) is 28.2 Å². The fraction of sp³-hybridized carbons (Fsp3) is 0.625. The molecular formula is C16H24ClN7O7S. The molecule has 14 nitrogen and oxygen atoms in total. The molecule has 32 heavy (non-hydrogen) atoms. The number of rotatable bonds is 8. The van der Waals surface area contributed by atoms with Crippen molar-refractivity contribution < 1.29 is 32.3 Å². The van der Waals surface area contributed by atoms with Crippen molar-refractivity contribution in [2.24, 2.45) is 11.7 Å².